The highest BCUT2D eigenvalue weighted by atomic mass is 35.5. The molecule has 4 rings (SSSR count). The molecule has 2 amide bonds. The molecule has 212 valence electrons. The van der Waals surface area contributed by atoms with Crippen LogP contribution in [0.2, 0.25) is 5.02 Å². The lowest BCUT2D eigenvalue weighted by molar-refractivity contribution is -0.192. The Kier molecular flexibility index (Phi) is 9.30. The van der Waals surface area contributed by atoms with Gasteiger partial charge in [-0.05, 0) is 55.3 Å². The van der Waals surface area contributed by atoms with E-state index < -0.39 is 23.9 Å². The number of nitrogens with one attached hydrogen (secondary N) is 1. The Hall–Kier alpha value is -4.26. The normalized spacial score (nSPS) is 13.5. The van der Waals surface area contributed by atoms with Gasteiger partial charge < -0.3 is 14.9 Å². The molecule has 2 N–H and O–H groups in total. The molecule has 40 heavy (non-hydrogen) atoms. The van der Waals surface area contributed by atoms with Crippen molar-refractivity contribution >= 4 is 35.1 Å². The molecule has 3 aromatic rings. The van der Waals surface area contributed by atoms with Crippen molar-refractivity contribution < 1.29 is 37.1 Å². The Morgan fingerprint density at radius 3 is 2.35 bits per heavy atom. The number of H-pyrrole nitrogens is 1. The van der Waals surface area contributed by atoms with Crippen molar-refractivity contribution in [2.45, 2.75) is 26.4 Å². The number of anilines is 1. The molecule has 1 aromatic heterocycles. The predicted octanol–water partition coefficient (Wildman–Crippen LogP) is 3.89. The number of carbonyl (C=O) groups is 3. The second kappa shape index (κ2) is 12.3. The summed E-state index contributed by atoms with van der Waals surface area (Å²) in [6, 6.07) is 11.2. The molecule has 1 aliphatic rings. The molecule has 1 aliphatic heterocycles. The summed E-state index contributed by atoms with van der Waals surface area (Å²) in [6.45, 7) is 3.90. The average molecular weight is 583 g/mol. The van der Waals surface area contributed by atoms with Crippen molar-refractivity contribution in [2.75, 3.05) is 24.5 Å². The Bertz CT molecular complexity index is 1510. The standard InChI is InChI=1S/C24H22ClFN4O3.C2HF3O2/c1-14-15(2)23(32)28-27-21(14)11-16-6-7-20(26)19(10-16)24(33)29-8-9-30(22(31)13-29)18-5-3-4-17(25)12-18;3-2(4,5)1(6)7/h3-7,10,12H,8-9,11,13H2,1-2H3,(H,28,32);(H,6,7). The van der Waals surface area contributed by atoms with Crippen molar-refractivity contribution in [3.63, 3.8) is 0 Å². The minimum atomic E-state index is -5.08. The van der Waals surface area contributed by atoms with Gasteiger partial charge >= 0.3 is 12.1 Å². The topological polar surface area (TPSA) is 124 Å². The van der Waals surface area contributed by atoms with E-state index in [1.807, 2.05) is 0 Å². The van der Waals surface area contributed by atoms with E-state index in [-0.39, 0.29) is 36.7 Å². The lowest BCUT2D eigenvalue weighted by Gasteiger charge is -2.34. The van der Waals surface area contributed by atoms with Gasteiger partial charge in [0.2, 0.25) is 5.91 Å². The van der Waals surface area contributed by atoms with Gasteiger partial charge in [-0.25, -0.2) is 14.3 Å². The number of aromatic amines is 1. The summed E-state index contributed by atoms with van der Waals surface area (Å²) in [5.41, 5.74) is 2.93. The van der Waals surface area contributed by atoms with Gasteiger partial charge in [0, 0.05) is 35.8 Å². The Labute approximate surface area is 230 Å². The molecule has 0 aliphatic carbocycles. The van der Waals surface area contributed by atoms with E-state index in [1.165, 1.54) is 17.0 Å². The first-order valence-corrected chi connectivity index (χ1v) is 12.0. The summed E-state index contributed by atoms with van der Waals surface area (Å²) in [6.07, 6.45) is -4.76. The SMILES string of the molecule is Cc1c(Cc2ccc(F)c(C(=O)N3CCN(c4cccc(Cl)c4)C(=O)C3)c2)n[nH]c(=O)c1C.O=C(O)C(F)(F)F. The van der Waals surface area contributed by atoms with Crippen LogP contribution in [0.3, 0.4) is 0 Å². The number of halogens is 5. The van der Waals surface area contributed by atoms with Crippen molar-refractivity contribution in [2.24, 2.45) is 0 Å². The van der Waals surface area contributed by atoms with E-state index in [4.69, 9.17) is 21.5 Å². The van der Waals surface area contributed by atoms with Crippen LogP contribution < -0.4 is 10.5 Å². The van der Waals surface area contributed by atoms with E-state index in [9.17, 15) is 31.9 Å². The quantitative estimate of drug-likeness (QED) is 0.450. The summed E-state index contributed by atoms with van der Waals surface area (Å²) < 4.78 is 46.3. The van der Waals surface area contributed by atoms with Crippen LogP contribution in [0.5, 0.6) is 0 Å². The number of aliphatic carboxylic acids is 1. The Balaban J connectivity index is 0.000000559. The van der Waals surface area contributed by atoms with Gasteiger partial charge in [0.15, 0.2) is 0 Å². The zero-order chi connectivity index (χ0) is 29.8. The molecule has 0 spiro atoms. The minimum Gasteiger partial charge on any atom is -0.475 e. The lowest BCUT2D eigenvalue weighted by Crippen LogP contribution is -2.52. The summed E-state index contributed by atoms with van der Waals surface area (Å²) in [4.78, 5) is 49.3. The highest BCUT2D eigenvalue weighted by Crippen LogP contribution is 2.23. The molecule has 0 bridgehead atoms. The molecule has 0 radical (unpaired) electrons. The van der Waals surface area contributed by atoms with Crippen molar-refractivity contribution in [1.82, 2.24) is 15.1 Å². The van der Waals surface area contributed by atoms with E-state index in [0.717, 1.165) is 5.56 Å². The highest BCUT2D eigenvalue weighted by Gasteiger charge is 2.38. The fourth-order valence-corrected chi connectivity index (χ4v) is 4.00. The summed E-state index contributed by atoms with van der Waals surface area (Å²) in [5, 5.41) is 14.2. The number of hydrogen-bond acceptors (Lipinski definition) is 5. The van der Waals surface area contributed by atoms with Crippen molar-refractivity contribution in [3.05, 3.63) is 91.6 Å². The van der Waals surface area contributed by atoms with Gasteiger partial charge in [-0.15, -0.1) is 0 Å². The number of amides is 2. The molecule has 0 atom stereocenters. The fraction of sp³-hybridized carbons (Fsp3) is 0.269. The summed E-state index contributed by atoms with van der Waals surface area (Å²) in [5.74, 6) is -4.23. The maximum Gasteiger partial charge on any atom is 0.490 e. The van der Waals surface area contributed by atoms with Gasteiger partial charge in [-0.2, -0.15) is 18.3 Å². The van der Waals surface area contributed by atoms with Crippen molar-refractivity contribution in [1.29, 1.82) is 0 Å². The molecule has 14 heteroatoms. The number of carboxylic acids is 1. The molecule has 9 nitrogen and oxygen atoms in total. The molecule has 1 saturated heterocycles. The number of benzene rings is 2. The maximum absolute atomic E-state index is 14.6. The number of aromatic nitrogens is 2. The number of carboxylic acid groups (broad SMARTS) is 1. The van der Waals surface area contributed by atoms with Gasteiger partial charge in [0.05, 0.1) is 11.3 Å². The third-order valence-corrected chi connectivity index (χ3v) is 6.37. The number of nitrogens with zero attached hydrogens (tertiary/aromatic N) is 3. The van der Waals surface area contributed by atoms with E-state index in [2.05, 4.69) is 10.2 Å². The lowest BCUT2D eigenvalue weighted by atomic mass is 10.0. The van der Waals surface area contributed by atoms with Crippen LogP contribution in [0.15, 0.2) is 47.3 Å². The second-order valence-corrected chi connectivity index (χ2v) is 9.23. The predicted molar refractivity (Wildman–Crippen MR) is 137 cm³/mol. The average Bonchev–Trinajstić information content (AvgIpc) is 2.89. The number of hydrogen-bond donors (Lipinski definition) is 2. The van der Waals surface area contributed by atoms with Crippen LogP contribution in [0.4, 0.5) is 23.2 Å². The van der Waals surface area contributed by atoms with Crippen LogP contribution >= 0.6 is 11.6 Å². The van der Waals surface area contributed by atoms with Crippen LogP contribution in [-0.4, -0.2) is 63.8 Å². The van der Waals surface area contributed by atoms with Crippen LogP contribution in [-0.2, 0) is 16.0 Å². The van der Waals surface area contributed by atoms with E-state index >= 15 is 0 Å². The summed E-state index contributed by atoms with van der Waals surface area (Å²) in [7, 11) is 0. The van der Waals surface area contributed by atoms with Crippen molar-refractivity contribution in [3.8, 4) is 0 Å². The van der Waals surface area contributed by atoms with Crippen LogP contribution in [0.1, 0.15) is 32.7 Å². The molecular formula is C26H23ClF4N4O5. The third kappa shape index (κ3) is 7.23. The van der Waals surface area contributed by atoms with Crippen LogP contribution in [0.25, 0.3) is 0 Å². The molecule has 0 saturated carbocycles. The molecular weight excluding hydrogens is 560 g/mol. The van der Waals surface area contributed by atoms with Gasteiger partial charge in [-0.1, -0.05) is 23.7 Å². The van der Waals surface area contributed by atoms with Crippen LogP contribution in [0, 0.1) is 19.7 Å². The largest absolute Gasteiger partial charge is 0.490 e. The fourth-order valence-electron chi connectivity index (χ4n) is 3.82. The van der Waals surface area contributed by atoms with Gasteiger partial charge in [0.1, 0.15) is 12.4 Å². The smallest absolute Gasteiger partial charge is 0.475 e. The Morgan fingerprint density at radius 1 is 1.07 bits per heavy atom. The first-order chi connectivity index (χ1) is 18.7. The Morgan fingerprint density at radius 2 is 1.75 bits per heavy atom. The van der Waals surface area contributed by atoms with E-state index in [1.54, 1.807) is 49.1 Å². The van der Waals surface area contributed by atoms with E-state index in [0.29, 0.717) is 34.0 Å². The maximum atomic E-state index is 14.6. The third-order valence-electron chi connectivity index (χ3n) is 6.13. The molecule has 2 heterocycles. The minimum absolute atomic E-state index is 0.102. The van der Waals surface area contributed by atoms with Gasteiger partial charge in [0.25, 0.3) is 11.5 Å². The monoisotopic (exact) mass is 582 g/mol. The molecule has 1 fully saturated rings. The zero-order valence-corrected chi connectivity index (χ0v) is 21.9. The number of alkyl halides is 3. The first kappa shape index (κ1) is 30.3. The molecule has 0 unspecified atom stereocenters. The summed E-state index contributed by atoms with van der Waals surface area (Å²) >= 11 is 6.02. The number of piperazine rings is 1. The molecule has 2 aromatic carbocycles. The van der Waals surface area contributed by atoms with Gasteiger partial charge in [-0.3, -0.25) is 14.4 Å². The second-order valence-electron chi connectivity index (χ2n) is 8.80. The zero-order valence-electron chi connectivity index (χ0n) is 21.2. The number of rotatable bonds is 4. The first-order valence-electron chi connectivity index (χ1n) is 11.7. The highest BCUT2D eigenvalue weighted by molar-refractivity contribution is 6.31. The number of carbonyl (C=O) groups excluding carboxylic acids is 2.